The van der Waals surface area contributed by atoms with Crippen molar-refractivity contribution in [3.63, 3.8) is 0 Å². The summed E-state index contributed by atoms with van der Waals surface area (Å²) in [5.41, 5.74) is 0.539. The summed E-state index contributed by atoms with van der Waals surface area (Å²) >= 11 is 0. The van der Waals surface area contributed by atoms with Crippen molar-refractivity contribution in [2.75, 3.05) is 6.54 Å². The molecule has 1 saturated carbocycles. The lowest BCUT2D eigenvalue weighted by atomic mass is 10.1. The van der Waals surface area contributed by atoms with Crippen molar-refractivity contribution in [2.24, 2.45) is 5.92 Å². The molecule has 1 aliphatic heterocycles. The summed E-state index contributed by atoms with van der Waals surface area (Å²) in [6.07, 6.45) is 1.38. The summed E-state index contributed by atoms with van der Waals surface area (Å²) in [5, 5.41) is 11.7. The standard InChI is InChI=1S/C16H18N2O4/c1-9-6-13(9)18-8-12(7-14(18)19)17-15(20)10-2-4-11(5-3-10)16(21)22/h2-5,9,12-13H,6-8H2,1H3,(H,17,20)(H,21,22)/t9-,12-,13+/m1/s1. The van der Waals surface area contributed by atoms with Gasteiger partial charge < -0.3 is 15.3 Å². The third-order valence-electron chi connectivity index (χ3n) is 4.36. The van der Waals surface area contributed by atoms with E-state index in [0.717, 1.165) is 6.42 Å². The second kappa shape index (κ2) is 5.44. The molecule has 3 rings (SSSR count). The van der Waals surface area contributed by atoms with E-state index in [1.807, 2.05) is 4.90 Å². The van der Waals surface area contributed by atoms with Gasteiger partial charge in [-0.3, -0.25) is 9.59 Å². The van der Waals surface area contributed by atoms with Gasteiger partial charge in [-0.2, -0.15) is 0 Å². The fourth-order valence-corrected chi connectivity index (χ4v) is 2.92. The molecule has 1 aliphatic carbocycles. The van der Waals surface area contributed by atoms with E-state index in [4.69, 9.17) is 5.11 Å². The van der Waals surface area contributed by atoms with Crippen molar-refractivity contribution in [1.29, 1.82) is 0 Å². The van der Waals surface area contributed by atoms with Crippen molar-refractivity contribution in [2.45, 2.75) is 31.8 Å². The molecule has 2 N–H and O–H groups in total. The van der Waals surface area contributed by atoms with E-state index in [2.05, 4.69) is 12.2 Å². The Morgan fingerprint density at radius 3 is 2.36 bits per heavy atom. The first-order valence-electron chi connectivity index (χ1n) is 7.39. The number of carboxylic acid groups (broad SMARTS) is 1. The molecule has 116 valence electrons. The Balaban J connectivity index is 1.60. The van der Waals surface area contributed by atoms with Gasteiger partial charge in [0, 0.05) is 24.6 Å². The summed E-state index contributed by atoms with van der Waals surface area (Å²) in [4.78, 5) is 36.8. The van der Waals surface area contributed by atoms with Crippen LogP contribution in [-0.4, -0.2) is 46.4 Å². The van der Waals surface area contributed by atoms with Crippen LogP contribution in [0, 0.1) is 5.92 Å². The lowest BCUT2D eigenvalue weighted by Crippen LogP contribution is -2.37. The number of carbonyl (C=O) groups is 3. The molecule has 0 spiro atoms. The topological polar surface area (TPSA) is 86.7 Å². The minimum Gasteiger partial charge on any atom is -0.478 e. The number of hydrogen-bond donors (Lipinski definition) is 2. The lowest BCUT2D eigenvalue weighted by Gasteiger charge is -2.17. The van der Waals surface area contributed by atoms with Crippen LogP contribution in [-0.2, 0) is 4.79 Å². The maximum Gasteiger partial charge on any atom is 0.335 e. The highest BCUT2D eigenvalue weighted by atomic mass is 16.4. The smallest absolute Gasteiger partial charge is 0.335 e. The first-order chi connectivity index (χ1) is 10.5. The van der Waals surface area contributed by atoms with E-state index < -0.39 is 5.97 Å². The minimum atomic E-state index is -1.03. The van der Waals surface area contributed by atoms with E-state index >= 15 is 0 Å². The van der Waals surface area contributed by atoms with Crippen LogP contribution < -0.4 is 5.32 Å². The van der Waals surface area contributed by atoms with E-state index in [0.29, 0.717) is 30.5 Å². The highest BCUT2D eigenvalue weighted by Crippen LogP contribution is 2.37. The van der Waals surface area contributed by atoms with Gasteiger partial charge in [0.2, 0.25) is 5.91 Å². The van der Waals surface area contributed by atoms with Gasteiger partial charge in [-0.1, -0.05) is 6.92 Å². The average Bonchev–Trinajstić information content (AvgIpc) is 3.09. The van der Waals surface area contributed by atoms with E-state index in [1.165, 1.54) is 24.3 Å². The number of nitrogens with one attached hydrogen (secondary N) is 1. The number of likely N-dealkylation sites (tertiary alicyclic amines) is 1. The summed E-state index contributed by atoms with van der Waals surface area (Å²) < 4.78 is 0. The third kappa shape index (κ3) is 2.81. The molecule has 6 nitrogen and oxygen atoms in total. The SMILES string of the molecule is C[C@@H]1C[C@@H]1N1C[C@H](NC(=O)c2ccc(C(=O)O)cc2)CC1=O. The summed E-state index contributed by atoms with van der Waals surface area (Å²) in [7, 11) is 0. The Morgan fingerprint density at radius 2 is 1.82 bits per heavy atom. The molecule has 0 unspecified atom stereocenters. The van der Waals surface area contributed by atoms with Gasteiger partial charge in [-0.15, -0.1) is 0 Å². The molecule has 0 radical (unpaired) electrons. The van der Waals surface area contributed by atoms with E-state index in [-0.39, 0.29) is 23.4 Å². The number of carbonyl (C=O) groups excluding carboxylic acids is 2. The number of benzene rings is 1. The number of carboxylic acids is 1. The predicted molar refractivity (Wildman–Crippen MR) is 78.6 cm³/mol. The van der Waals surface area contributed by atoms with E-state index in [1.54, 1.807) is 0 Å². The zero-order chi connectivity index (χ0) is 15.9. The second-order valence-corrected chi connectivity index (χ2v) is 6.08. The Hall–Kier alpha value is -2.37. The maximum absolute atomic E-state index is 12.2. The van der Waals surface area contributed by atoms with Gasteiger partial charge in [0.15, 0.2) is 0 Å². The van der Waals surface area contributed by atoms with Crippen LogP contribution in [0.15, 0.2) is 24.3 Å². The molecule has 0 bridgehead atoms. The van der Waals surface area contributed by atoms with Crippen LogP contribution in [0.3, 0.4) is 0 Å². The molecule has 1 heterocycles. The molecule has 22 heavy (non-hydrogen) atoms. The Morgan fingerprint density at radius 1 is 1.23 bits per heavy atom. The third-order valence-corrected chi connectivity index (χ3v) is 4.36. The van der Waals surface area contributed by atoms with Gasteiger partial charge in [-0.05, 0) is 36.6 Å². The van der Waals surface area contributed by atoms with Crippen LogP contribution in [0.2, 0.25) is 0 Å². The molecule has 2 fully saturated rings. The summed E-state index contributed by atoms with van der Waals surface area (Å²) in [6.45, 7) is 2.68. The Kier molecular flexibility index (Phi) is 3.60. The molecule has 2 aliphatic rings. The molecule has 1 aromatic rings. The molecule has 6 heteroatoms. The number of nitrogens with zero attached hydrogens (tertiary/aromatic N) is 1. The first kappa shape index (κ1) is 14.6. The fourth-order valence-electron chi connectivity index (χ4n) is 2.92. The van der Waals surface area contributed by atoms with Crippen molar-refractivity contribution in [3.8, 4) is 0 Å². The van der Waals surface area contributed by atoms with Crippen molar-refractivity contribution < 1.29 is 19.5 Å². The maximum atomic E-state index is 12.2. The Bertz CT molecular complexity index is 626. The van der Waals surface area contributed by atoms with Gasteiger partial charge in [0.05, 0.1) is 11.6 Å². The van der Waals surface area contributed by atoms with E-state index in [9.17, 15) is 14.4 Å². The normalized spacial score (nSPS) is 26.9. The quantitative estimate of drug-likeness (QED) is 0.872. The molecular formula is C16H18N2O4. The largest absolute Gasteiger partial charge is 0.478 e. The van der Waals surface area contributed by atoms with Crippen LogP contribution >= 0.6 is 0 Å². The summed E-state index contributed by atoms with van der Waals surface area (Å²) in [5.74, 6) is -0.647. The molecule has 2 amide bonds. The zero-order valence-electron chi connectivity index (χ0n) is 12.3. The first-order valence-corrected chi connectivity index (χ1v) is 7.39. The van der Waals surface area contributed by atoms with Gasteiger partial charge in [-0.25, -0.2) is 4.79 Å². The van der Waals surface area contributed by atoms with Crippen LogP contribution in [0.25, 0.3) is 0 Å². The van der Waals surface area contributed by atoms with Crippen molar-refractivity contribution >= 4 is 17.8 Å². The monoisotopic (exact) mass is 302 g/mol. The Labute approximate surface area is 128 Å². The molecule has 1 aromatic carbocycles. The number of rotatable bonds is 4. The molecular weight excluding hydrogens is 284 g/mol. The highest BCUT2D eigenvalue weighted by molar-refractivity contribution is 5.96. The predicted octanol–water partition coefficient (Wildman–Crippen LogP) is 1.12. The summed E-state index contributed by atoms with van der Waals surface area (Å²) in [6, 6.07) is 5.92. The molecule has 3 atom stereocenters. The molecule has 0 aromatic heterocycles. The van der Waals surface area contributed by atoms with Crippen LogP contribution in [0.1, 0.15) is 40.5 Å². The van der Waals surface area contributed by atoms with Gasteiger partial charge in [0.1, 0.15) is 0 Å². The second-order valence-electron chi connectivity index (χ2n) is 6.08. The zero-order valence-corrected chi connectivity index (χ0v) is 12.3. The lowest BCUT2D eigenvalue weighted by molar-refractivity contribution is -0.128. The van der Waals surface area contributed by atoms with Crippen LogP contribution in [0.4, 0.5) is 0 Å². The fraction of sp³-hybridized carbons (Fsp3) is 0.438. The van der Waals surface area contributed by atoms with Gasteiger partial charge >= 0.3 is 5.97 Å². The van der Waals surface area contributed by atoms with Crippen molar-refractivity contribution in [1.82, 2.24) is 10.2 Å². The minimum absolute atomic E-state index is 0.0980. The number of aromatic carboxylic acids is 1. The number of hydrogen-bond acceptors (Lipinski definition) is 3. The average molecular weight is 302 g/mol. The number of amides is 2. The van der Waals surface area contributed by atoms with Crippen molar-refractivity contribution in [3.05, 3.63) is 35.4 Å². The van der Waals surface area contributed by atoms with Gasteiger partial charge in [0.25, 0.3) is 5.91 Å². The van der Waals surface area contributed by atoms with Crippen LogP contribution in [0.5, 0.6) is 0 Å². The molecule has 1 saturated heterocycles. The highest BCUT2D eigenvalue weighted by Gasteiger charge is 2.44.